The normalized spacial score (nSPS) is 29.9. The van der Waals surface area contributed by atoms with Crippen molar-refractivity contribution in [1.82, 2.24) is 10.2 Å². The molecule has 3 N–H and O–H groups in total. The van der Waals surface area contributed by atoms with Gasteiger partial charge < -0.3 is 30.0 Å². The van der Waals surface area contributed by atoms with E-state index in [2.05, 4.69) is 21.6 Å². The first-order chi connectivity index (χ1) is 19.4. The number of phenolic OH excluding ortho intramolecular Hbond substituents is 1. The molecule has 0 aromatic heterocycles. The highest BCUT2D eigenvalue weighted by Crippen LogP contribution is 2.65. The van der Waals surface area contributed by atoms with Crippen molar-refractivity contribution < 1.29 is 24.1 Å². The number of hydrogen-bond acceptors (Lipinski definition) is 7. The summed E-state index contributed by atoms with van der Waals surface area (Å²) in [6, 6.07) is 8.45. The topological polar surface area (TPSA) is 92.3 Å². The zero-order valence-electron chi connectivity index (χ0n) is 23.8. The molecule has 1 saturated heterocycles. The maximum Gasteiger partial charge on any atom is 0.221 e. The maximum absolute atomic E-state index is 12.2. The first-order valence-corrected chi connectivity index (χ1v) is 14.9. The van der Waals surface area contributed by atoms with Crippen LogP contribution in [-0.4, -0.2) is 68.0 Å². The van der Waals surface area contributed by atoms with E-state index in [0.717, 1.165) is 68.3 Å². The summed E-state index contributed by atoms with van der Waals surface area (Å²) in [5, 5.41) is 18.1. The lowest BCUT2D eigenvalue weighted by Crippen LogP contribution is -2.68. The number of piperidine rings is 1. The summed E-state index contributed by atoms with van der Waals surface area (Å²) in [7, 11) is 3.32. The van der Waals surface area contributed by atoms with Gasteiger partial charge in [0, 0.05) is 48.3 Å². The van der Waals surface area contributed by atoms with Crippen molar-refractivity contribution in [2.24, 2.45) is 11.8 Å². The second-order valence-electron chi connectivity index (χ2n) is 12.5. The Morgan fingerprint density at radius 2 is 1.98 bits per heavy atom. The fourth-order valence-electron chi connectivity index (χ4n) is 8.52. The molecule has 0 unspecified atom stereocenters. The number of ether oxygens (including phenoxy) is 3. The van der Waals surface area contributed by atoms with Crippen LogP contribution in [0.1, 0.15) is 55.7 Å². The Morgan fingerprint density at radius 3 is 2.73 bits per heavy atom. The van der Waals surface area contributed by atoms with E-state index in [9.17, 15) is 9.90 Å². The van der Waals surface area contributed by atoms with Gasteiger partial charge in [0.05, 0.1) is 14.2 Å². The number of phenols is 1. The van der Waals surface area contributed by atoms with Crippen molar-refractivity contribution in [2.75, 3.05) is 39.2 Å². The van der Waals surface area contributed by atoms with Crippen LogP contribution in [-0.2, 0) is 23.1 Å². The molecule has 40 heavy (non-hydrogen) atoms. The van der Waals surface area contributed by atoms with Crippen LogP contribution in [0.4, 0.5) is 5.69 Å². The fraction of sp³-hybridized carbons (Fsp3) is 0.594. The largest absolute Gasteiger partial charge is 0.504 e. The van der Waals surface area contributed by atoms with Crippen molar-refractivity contribution in [3.63, 3.8) is 0 Å². The Balaban J connectivity index is 1.19. The Labute approximate surface area is 236 Å². The highest BCUT2D eigenvalue weighted by Gasteiger charge is 2.66. The smallest absolute Gasteiger partial charge is 0.221 e. The highest BCUT2D eigenvalue weighted by molar-refractivity contribution is 5.91. The van der Waals surface area contributed by atoms with Crippen LogP contribution in [0.15, 0.2) is 24.3 Å². The average molecular weight is 548 g/mol. The Bertz CT molecular complexity index is 1330. The lowest BCUT2D eigenvalue weighted by Gasteiger charge is -2.60. The van der Waals surface area contributed by atoms with E-state index in [0.29, 0.717) is 17.7 Å². The van der Waals surface area contributed by atoms with Crippen LogP contribution >= 0.6 is 0 Å². The van der Waals surface area contributed by atoms with E-state index >= 15 is 0 Å². The van der Waals surface area contributed by atoms with Crippen LogP contribution < -0.4 is 24.8 Å². The number of aromatic hydroxyl groups is 1. The highest BCUT2D eigenvalue weighted by atomic mass is 16.5. The third-order valence-corrected chi connectivity index (χ3v) is 10.3. The van der Waals surface area contributed by atoms with E-state index in [1.54, 1.807) is 27.2 Å². The Kier molecular flexibility index (Phi) is 6.39. The van der Waals surface area contributed by atoms with Crippen LogP contribution in [0.3, 0.4) is 0 Å². The Hall–Kier alpha value is -2.97. The van der Waals surface area contributed by atoms with E-state index in [1.165, 1.54) is 36.1 Å². The number of methoxy groups -OCH3 is 2. The molecule has 0 radical (unpaired) electrons. The monoisotopic (exact) mass is 547 g/mol. The van der Waals surface area contributed by atoms with Crippen molar-refractivity contribution in [3.05, 3.63) is 41.0 Å². The first-order valence-electron chi connectivity index (χ1n) is 14.9. The number of rotatable bonds is 9. The number of amides is 1. The van der Waals surface area contributed by atoms with Gasteiger partial charge in [0.2, 0.25) is 5.91 Å². The van der Waals surface area contributed by atoms with Crippen molar-refractivity contribution in [1.29, 1.82) is 0 Å². The van der Waals surface area contributed by atoms with Gasteiger partial charge in [0.25, 0.3) is 0 Å². The van der Waals surface area contributed by atoms with Gasteiger partial charge in [-0.25, -0.2) is 0 Å². The number of nitrogens with one attached hydrogen (secondary N) is 2. The van der Waals surface area contributed by atoms with E-state index in [1.807, 2.05) is 12.1 Å². The summed E-state index contributed by atoms with van der Waals surface area (Å²) in [5.41, 5.74) is 4.17. The molecular formula is C32H41N3O5. The molecule has 2 aliphatic heterocycles. The number of hydrogen-bond donors (Lipinski definition) is 3. The number of anilines is 1. The summed E-state index contributed by atoms with van der Waals surface area (Å²) in [6.07, 6.45) is 7.67. The molecule has 2 aromatic carbocycles. The summed E-state index contributed by atoms with van der Waals surface area (Å²) in [6.45, 7) is 4.62. The molecule has 1 spiro atoms. The van der Waals surface area contributed by atoms with Crippen molar-refractivity contribution in [3.8, 4) is 23.0 Å². The molecule has 214 valence electrons. The molecule has 3 aliphatic carbocycles. The van der Waals surface area contributed by atoms with Crippen LogP contribution in [0.2, 0.25) is 0 Å². The van der Waals surface area contributed by atoms with E-state index in [-0.39, 0.29) is 29.2 Å². The van der Waals surface area contributed by atoms with Gasteiger partial charge in [0.15, 0.2) is 23.0 Å². The molecule has 5 aliphatic rings. The number of benzene rings is 2. The zero-order valence-corrected chi connectivity index (χ0v) is 23.8. The summed E-state index contributed by atoms with van der Waals surface area (Å²) >= 11 is 0. The van der Waals surface area contributed by atoms with Gasteiger partial charge in [-0.1, -0.05) is 6.07 Å². The average Bonchev–Trinajstić information content (AvgIpc) is 3.69. The number of carbonyl (C=O) groups excluding carboxylic acids is 1. The third-order valence-electron chi connectivity index (χ3n) is 10.3. The predicted octanol–water partition coefficient (Wildman–Crippen LogP) is 4.02. The van der Waals surface area contributed by atoms with Gasteiger partial charge in [0.1, 0.15) is 6.10 Å². The molecule has 2 bridgehead atoms. The molecule has 7 rings (SSSR count). The van der Waals surface area contributed by atoms with Crippen molar-refractivity contribution in [2.45, 2.75) is 75.5 Å². The van der Waals surface area contributed by atoms with Crippen LogP contribution in [0.5, 0.6) is 23.0 Å². The minimum Gasteiger partial charge on any atom is -0.504 e. The molecule has 1 amide bonds. The molecule has 3 fully saturated rings. The second kappa shape index (κ2) is 9.84. The first kappa shape index (κ1) is 26.0. The van der Waals surface area contributed by atoms with E-state index < -0.39 is 0 Å². The predicted molar refractivity (Wildman–Crippen MR) is 153 cm³/mol. The molecule has 2 saturated carbocycles. The second-order valence-corrected chi connectivity index (χ2v) is 12.5. The lowest BCUT2D eigenvalue weighted by molar-refractivity contribution is -0.114. The maximum atomic E-state index is 12.2. The minimum absolute atomic E-state index is 0.0326. The molecule has 8 heteroatoms. The third kappa shape index (κ3) is 4.05. The molecule has 2 heterocycles. The quantitative estimate of drug-likeness (QED) is 0.437. The molecule has 2 aromatic rings. The summed E-state index contributed by atoms with van der Waals surface area (Å²) < 4.78 is 17.7. The number of likely N-dealkylation sites (tertiary alicyclic amines) is 1. The van der Waals surface area contributed by atoms with Gasteiger partial charge in [-0.05, 0) is 93.1 Å². The summed E-state index contributed by atoms with van der Waals surface area (Å²) in [5.74, 6) is 3.51. The summed E-state index contributed by atoms with van der Waals surface area (Å²) in [4.78, 5) is 14.9. The fourth-order valence-corrected chi connectivity index (χ4v) is 8.52. The molecule has 5 atom stereocenters. The minimum atomic E-state index is -0.140. The lowest BCUT2D eigenvalue weighted by atomic mass is 9.51. The van der Waals surface area contributed by atoms with Crippen LogP contribution in [0.25, 0.3) is 0 Å². The zero-order chi connectivity index (χ0) is 27.6. The van der Waals surface area contributed by atoms with Crippen LogP contribution in [0, 0.1) is 11.8 Å². The van der Waals surface area contributed by atoms with E-state index in [4.69, 9.17) is 14.2 Å². The molecular weight excluding hydrogens is 506 g/mol. The van der Waals surface area contributed by atoms with Gasteiger partial charge in [-0.15, -0.1) is 0 Å². The van der Waals surface area contributed by atoms with Gasteiger partial charge >= 0.3 is 0 Å². The van der Waals surface area contributed by atoms with Gasteiger partial charge in [-0.2, -0.15) is 0 Å². The Morgan fingerprint density at radius 1 is 1.15 bits per heavy atom. The van der Waals surface area contributed by atoms with Crippen molar-refractivity contribution >= 4 is 11.6 Å². The number of nitrogens with zero attached hydrogens (tertiary/aromatic N) is 1. The van der Waals surface area contributed by atoms with Gasteiger partial charge in [-0.3, -0.25) is 9.69 Å². The SMILES string of the molecule is COc1ccc(CCN[C@@H]2CC[C@H]3[C@H]4Cc5c(NC(C)=O)cc(O)c6c5[C@@]3(CCN4CC3CC3)[C@H]2O6)cc1OC. The molecule has 8 nitrogen and oxygen atoms in total. The number of carbonyl (C=O) groups is 1. The standard InChI is InChI=1S/C32H41N3O5/c1-18(36)34-24-16-26(37)30-29-21(24)15-25-22-7-8-23(33-12-10-19-6-9-27(38-2)28(14-19)39-3)31(40-30)32(22,29)11-13-35(25)17-20-4-5-20/h6,9,14,16,20,22-23,25,31,33,37H,4-5,7-8,10-13,15,17H2,1-3H3,(H,34,36)/t22-,23+,25+,31-,32-/m0/s1.